The molecule has 0 spiro atoms. The third-order valence-electron chi connectivity index (χ3n) is 6.56. The van der Waals surface area contributed by atoms with E-state index in [2.05, 4.69) is 9.47 Å². The van der Waals surface area contributed by atoms with Gasteiger partial charge in [-0.25, -0.2) is 8.78 Å². The fourth-order valence-electron chi connectivity index (χ4n) is 4.85. The second kappa shape index (κ2) is 10.6. The fourth-order valence-corrected chi connectivity index (χ4v) is 4.85. The highest BCUT2D eigenvalue weighted by atomic mass is 19.4. The van der Waals surface area contributed by atoms with Crippen LogP contribution in [0.3, 0.4) is 0 Å². The maximum Gasteiger partial charge on any atom is 0.429 e. The van der Waals surface area contributed by atoms with Crippen LogP contribution in [0.4, 0.5) is 43.9 Å². The number of hydrogen-bond donors (Lipinski definition) is 0. The van der Waals surface area contributed by atoms with Crippen molar-refractivity contribution in [3.8, 4) is 11.5 Å². The number of alkyl halides is 8. The van der Waals surface area contributed by atoms with Gasteiger partial charge in [0.1, 0.15) is 28.2 Å². The Morgan fingerprint density at radius 3 is 1.81 bits per heavy atom. The van der Waals surface area contributed by atoms with Crippen LogP contribution in [-0.2, 0) is 18.5 Å². The van der Waals surface area contributed by atoms with Gasteiger partial charge in [-0.2, -0.15) is 35.1 Å². The molecular formula is C25H24F10O2. The predicted octanol–water partition coefficient (Wildman–Crippen LogP) is 9.21. The minimum absolute atomic E-state index is 0.146. The van der Waals surface area contributed by atoms with Gasteiger partial charge in [0.25, 0.3) is 0 Å². The van der Waals surface area contributed by atoms with Crippen LogP contribution < -0.4 is 9.47 Å². The molecule has 0 atom stereocenters. The Hall–Kier alpha value is -2.66. The molecule has 206 valence electrons. The minimum Gasteiger partial charge on any atom is -0.496 e. The summed E-state index contributed by atoms with van der Waals surface area (Å²) in [6, 6.07) is 1.95. The Bertz CT molecular complexity index is 1100. The lowest BCUT2D eigenvalue weighted by molar-refractivity contribution is -0.196. The highest BCUT2D eigenvalue weighted by molar-refractivity contribution is 5.52. The number of hydrogen-bond acceptors (Lipinski definition) is 2. The zero-order valence-corrected chi connectivity index (χ0v) is 19.8. The van der Waals surface area contributed by atoms with Gasteiger partial charge < -0.3 is 9.47 Å². The molecule has 1 fully saturated rings. The fraction of sp³-hybridized carbons (Fsp3) is 0.520. The van der Waals surface area contributed by atoms with Gasteiger partial charge in [0.2, 0.25) is 0 Å². The topological polar surface area (TPSA) is 18.5 Å². The number of benzene rings is 2. The summed E-state index contributed by atoms with van der Waals surface area (Å²) in [5.41, 5.74) is -6.87. The highest BCUT2D eigenvalue weighted by Crippen LogP contribution is 2.50. The van der Waals surface area contributed by atoms with Gasteiger partial charge in [-0.3, -0.25) is 0 Å². The van der Waals surface area contributed by atoms with Crippen LogP contribution in [0, 0.1) is 17.6 Å². The molecular weight excluding hydrogens is 522 g/mol. The summed E-state index contributed by atoms with van der Waals surface area (Å²) < 4.78 is 149. The van der Waals surface area contributed by atoms with E-state index in [4.69, 9.17) is 0 Å². The molecule has 2 aromatic rings. The van der Waals surface area contributed by atoms with Crippen molar-refractivity contribution in [2.75, 3.05) is 7.11 Å². The van der Waals surface area contributed by atoms with Crippen LogP contribution in [0.15, 0.2) is 24.3 Å². The van der Waals surface area contributed by atoms with E-state index in [9.17, 15) is 43.9 Å². The summed E-state index contributed by atoms with van der Waals surface area (Å²) >= 11 is 0. The molecule has 0 N–H and O–H groups in total. The third-order valence-corrected chi connectivity index (χ3v) is 6.56. The molecule has 0 saturated heterocycles. The minimum atomic E-state index is -5.81. The lowest BCUT2D eigenvalue weighted by Gasteiger charge is -2.29. The Labute approximate surface area is 206 Å². The van der Waals surface area contributed by atoms with Crippen LogP contribution in [0.1, 0.15) is 73.6 Å². The van der Waals surface area contributed by atoms with E-state index in [1.54, 1.807) is 0 Å². The average Bonchev–Trinajstić information content (AvgIpc) is 2.79. The molecule has 1 aliphatic carbocycles. The summed E-state index contributed by atoms with van der Waals surface area (Å²) in [6.07, 6.45) is -12.0. The number of rotatable bonds is 7. The van der Waals surface area contributed by atoms with Gasteiger partial charge in [0.15, 0.2) is 11.6 Å². The van der Waals surface area contributed by atoms with Crippen molar-refractivity contribution in [3.63, 3.8) is 0 Å². The molecule has 2 nitrogen and oxygen atoms in total. The van der Waals surface area contributed by atoms with Gasteiger partial charge in [0.05, 0.1) is 7.11 Å². The Balaban J connectivity index is 1.99. The van der Waals surface area contributed by atoms with E-state index in [-0.39, 0.29) is 11.6 Å². The van der Waals surface area contributed by atoms with Crippen molar-refractivity contribution in [1.29, 1.82) is 0 Å². The summed E-state index contributed by atoms with van der Waals surface area (Å²) in [4.78, 5) is 0. The molecule has 3 rings (SSSR count). The monoisotopic (exact) mass is 546 g/mol. The number of ether oxygens (including phenoxy) is 2. The zero-order chi connectivity index (χ0) is 27.8. The van der Waals surface area contributed by atoms with Crippen molar-refractivity contribution in [3.05, 3.63) is 58.2 Å². The van der Waals surface area contributed by atoms with E-state index in [1.165, 1.54) is 0 Å². The molecule has 0 radical (unpaired) electrons. The van der Waals surface area contributed by atoms with E-state index in [0.29, 0.717) is 38.0 Å². The maximum absolute atomic E-state index is 14.9. The number of halogens is 10. The Morgan fingerprint density at radius 2 is 1.30 bits per heavy atom. The molecule has 1 saturated carbocycles. The first-order chi connectivity index (χ1) is 17.1. The molecule has 0 bridgehead atoms. The van der Waals surface area contributed by atoms with E-state index in [1.807, 2.05) is 6.92 Å². The average molecular weight is 546 g/mol. The van der Waals surface area contributed by atoms with Crippen LogP contribution in [-0.4, -0.2) is 7.11 Å². The van der Waals surface area contributed by atoms with Crippen LogP contribution in [0.5, 0.6) is 11.5 Å². The summed E-state index contributed by atoms with van der Waals surface area (Å²) in [5, 5.41) is 0. The van der Waals surface area contributed by atoms with Crippen molar-refractivity contribution >= 4 is 0 Å². The SMILES string of the molecule is CCCC1CCC(c2ccc(C(F)(F)Oc3ccc(OC)c(C(F)(F)F)c3C(F)(F)F)c(F)c2F)CC1. The van der Waals surface area contributed by atoms with Crippen molar-refractivity contribution in [2.45, 2.75) is 69.8 Å². The van der Waals surface area contributed by atoms with E-state index >= 15 is 0 Å². The second-order valence-corrected chi connectivity index (χ2v) is 8.97. The molecule has 0 amide bonds. The van der Waals surface area contributed by atoms with Gasteiger partial charge in [-0.1, -0.05) is 25.8 Å². The van der Waals surface area contributed by atoms with Gasteiger partial charge in [-0.05, 0) is 61.3 Å². The smallest absolute Gasteiger partial charge is 0.429 e. The molecule has 0 heterocycles. The quantitative estimate of drug-likeness (QED) is 0.323. The largest absolute Gasteiger partial charge is 0.496 e. The van der Waals surface area contributed by atoms with Crippen LogP contribution in [0.2, 0.25) is 0 Å². The molecule has 12 heteroatoms. The predicted molar refractivity (Wildman–Crippen MR) is 113 cm³/mol. The van der Waals surface area contributed by atoms with E-state index in [0.717, 1.165) is 31.7 Å². The first kappa shape index (κ1) is 28.9. The molecule has 0 unspecified atom stereocenters. The molecule has 2 aromatic carbocycles. The summed E-state index contributed by atoms with van der Waals surface area (Å²) in [7, 11) is 0.663. The van der Waals surface area contributed by atoms with Crippen molar-refractivity contribution in [1.82, 2.24) is 0 Å². The summed E-state index contributed by atoms with van der Waals surface area (Å²) in [5.74, 6) is -6.86. The second-order valence-electron chi connectivity index (χ2n) is 8.97. The van der Waals surface area contributed by atoms with Crippen molar-refractivity contribution < 1.29 is 53.4 Å². The molecule has 0 aliphatic heterocycles. The van der Waals surface area contributed by atoms with Gasteiger partial charge in [-0.15, -0.1) is 0 Å². The van der Waals surface area contributed by atoms with Crippen molar-refractivity contribution in [2.24, 2.45) is 5.92 Å². The Morgan fingerprint density at radius 1 is 0.757 bits per heavy atom. The van der Waals surface area contributed by atoms with E-state index < -0.39 is 64.2 Å². The lowest BCUT2D eigenvalue weighted by Crippen LogP contribution is -2.27. The Kier molecular flexibility index (Phi) is 8.28. The van der Waals surface area contributed by atoms with Crippen LogP contribution >= 0.6 is 0 Å². The first-order valence-electron chi connectivity index (χ1n) is 11.5. The number of methoxy groups -OCH3 is 1. The normalized spacial score (nSPS) is 19.1. The first-order valence-corrected chi connectivity index (χ1v) is 11.5. The van der Waals surface area contributed by atoms with Crippen LogP contribution in [0.25, 0.3) is 0 Å². The third kappa shape index (κ3) is 6.09. The molecule has 0 aromatic heterocycles. The highest BCUT2D eigenvalue weighted by Gasteiger charge is 2.50. The standard InChI is InChI=1S/C25H24F10O2/c1-3-4-13-5-7-14(8-6-13)15-9-10-16(22(27)21(15)26)25(34,35)37-18-12-11-17(36-2)19(23(28,29)30)20(18)24(31,32)33/h9-14H,3-8H2,1-2H3. The summed E-state index contributed by atoms with van der Waals surface area (Å²) in [6.45, 7) is 2.02. The molecule has 1 aliphatic rings. The zero-order valence-electron chi connectivity index (χ0n) is 19.8. The lowest BCUT2D eigenvalue weighted by atomic mass is 9.77. The maximum atomic E-state index is 14.9. The van der Waals surface area contributed by atoms with Gasteiger partial charge >= 0.3 is 18.5 Å². The van der Waals surface area contributed by atoms with Gasteiger partial charge in [0, 0.05) is 0 Å². The molecule has 37 heavy (non-hydrogen) atoms.